The molecule has 2 atom stereocenters. The highest BCUT2D eigenvalue weighted by Gasteiger charge is 2.35. The highest BCUT2D eigenvalue weighted by molar-refractivity contribution is 7.18. The van der Waals surface area contributed by atoms with Gasteiger partial charge in [-0.05, 0) is 30.7 Å². The summed E-state index contributed by atoms with van der Waals surface area (Å²) in [7, 11) is 0. The maximum atomic E-state index is 13.0. The van der Waals surface area contributed by atoms with Gasteiger partial charge in [0, 0.05) is 31.0 Å². The zero-order valence-corrected chi connectivity index (χ0v) is 15.9. The Morgan fingerprint density at radius 3 is 2.72 bits per heavy atom. The highest BCUT2D eigenvalue weighted by Crippen LogP contribution is 2.34. The minimum Gasteiger partial charge on any atom is -0.370 e. The van der Waals surface area contributed by atoms with Gasteiger partial charge in [0.25, 0.3) is 0 Å². The van der Waals surface area contributed by atoms with E-state index in [0.29, 0.717) is 5.52 Å². The number of carbonyl (C=O) groups excluding carboxylic acids is 1. The number of nitrogens with zero attached hydrogens (tertiary/aromatic N) is 4. The van der Waals surface area contributed by atoms with Crippen molar-refractivity contribution in [1.82, 2.24) is 15.0 Å². The van der Waals surface area contributed by atoms with Gasteiger partial charge in [-0.2, -0.15) is 13.2 Å². The molecule has 1 aliphatic rings. The van der Waals surface area contributed by atoms with Crippen LogP contribution in [0.3, 0.4) is 0 Å². The Hall–Kier alpha value is -2.79. The molecule has 3 aromatic rings. The molecule has 11 heteroatoms. The summed E-state index contributed by atoms with van der Waals surface area (Å²) in [4.78, 5) is 26.0. The van der Waals surface area contributed by atoms with Crippen molar-refractivity contribution in [3.8, 4) is 0 Å². The maximum absolute atomic E-state index is 13.0. The van der Waals surface area contributed by atoms with Crippen molar-refractivity contribution >= 4 is 33.1 Å². The summed E-state index contributed by atoms with van der Waals surface area (Å²) in [5.41, 5.74) is 11.9. The first kappa shape index (κ1) is 19.5. The van der Waals surface area contributed by atoms with Crippen molar-refractivity contribution < 1.29 is 18.0 Å². The second kappa shape index (κ2) is 7.23. The third-order valence-electron chi connectivity index (χ3n) is 4.73. The second-order valence-corrected chi connectivity index (χ2v) is 7.89. The Balaban J connectivity index is 1.72. The molecule has 1 amide bonds. The fourth-order valence-corrected chi connectivity index (χ4v) is 4.41. The Morgan fingerprint density at radius 2 is 2.07 bits per heavy atom. The first-order valence-corrected chi connectivity index (χ1v) is 9.64. The van der Waals surface area contributed by atoms with Crippen LogP contribution in [0.15, 0.2) is 30.5 Å². The largest absolute Gasteiger partial charge is 0.433 e. The maximum Gasteiger partial charge on any atom is 0.433 e. The van der Waals surface area contributed by atoms with Gasteiger partial charge < -0.3 is 16.4 Å². The molecule has 1 saturated heterocycles. The van der Waals surface area contributed by atoms with E-state index in [9.17, 15) is 18.0 Å². The summed E-state index contributed by atoms with van der Waals surface area (Å²) in [6.45, 7) is 1.60. The van der Waals surface area contributed by atoms with E-state index in [1.807, 2.05) is 12.1 Å². The van der Waals surface area contributed by atoms with E-state index in [-0.39, 0.29) is 16.9 Å². The summed E-state index contributed by atoms with van der Waals surface area (Å²) in [6, 6.07) is 6.51. The molecule has 0 spiro atoms. The molecular formula is C18H17F3N6OS. The van der Waals surface area contributed by atoms with Crippen LogP contribution in [0.1, 0.15) is 28.9 Å². The predicted octanol–water partition coefficient (Wildman–Crippen LogP) is 2.26. The van der Waals surface area contributed by atoms with E-state index in [2.05, 4.69) is 19.9 Å². The average Bonchev–Trinajstić information content (AvgIpc) is 3.26. The summed E-state index contributed by atoms with van der Waals surface area (Å²) < 4.78 is 39.8. The van der Waals surface area contributed by atoms with Crippen LogP contribution in [-0.4, -0.2) is 40.0 Å². The monoisotopic (exact) mass is 422 g/mol. The first-order chi connectivity index (χ1) is 13.7. The zero-order chi connectivity index (χ0) is 20.8. The van der Waals surface area contributed by atoms with Crippen LogP contribution in [0.25, 0.3) is 10.2 Å². The average molecular weight is 422 g/mol. The number of amides is 1. The van der Waals surface area contributed by atoms with Gasteiger partial charge in [-0.15, -0.1) is 11.3 Å². The van der Waals surface area contributed by atoms with Crippen LogP contribution in [0.5, 0.6) is 0 Å². The Morgan fingerprint density at radius 1 is 1.28 bits per heavy atom. The van der Waals surface area contributed by atoms with Gasteiger partial charge in [-0.1, -0.05) is 0 Å². The molecule has 29 heavy (non-hydrogen) atoms. The normalized spacial score (nSPS) is 18.3. The summed E-state index contributed by atoms with van der Waals surface area (Å²) in [6.07, 6.45) is -2.79. The molecule has 3 heterocycles. The molecule has 152 valence electrons. The lowest BCUT2D eigenvalue weighted by molar-refractivity contribution is -0.141. The number of hydrogen-bond acceptors (Lipinski definition) is 7. The van der Waals surface area contributed by atoms with Crippen molar-refractivity contribution in [2.75, 3.05) is 18.0 Å². The highest BCUT2D eigenvalue weighted by atomic mass is 32.1. The fourth-order valence-electron chi connectivity index (χ4n) is 3.30. The number of rotatable bonds is 4. The lowest BCUT2D eigenvalue weighted by Crippen LogP contribution is -2.26. The van der Waals surface area contributed by atoms with Crippen molar-refractivity contribution in [1.29, 1.82) is 0 Å². The van der Waals surface area contributed by atoms with Gasteiger partial charge in [-0.25, -0.2) is 15.0 Å². The molecule has 0 radical (unpaired) electrons. The number of halogens is 3. The summed E-state index contributed by atoms with van der Waals surface area (Å²) in [5, 5.41) is 0.252. The van der Waals surface area contributed by atoms with Gasteiger partial charge in [-0.3, -0.25) is 4.79 Å². The Kier molecular flexibility index (Phi) is 4.87. The molecule has 4 N–H and O–H groups in total. The predicted molar refractivity (Wildman–Crippen MR) is 102 cm³/mol. The summed E-state index contributed by atoms with van der Waals surface area (Å²) in [5.74, 6) is -2.45. The van der Waals surface area contributed by atoms with Crippen LogP contribution < -0.4 is 16.4 Å². The van der Waals surface area contributed by atoms with Crippen molar-refractivity contribution in [2.45, 2.75) is 24.6 Å². The van der Waals surface area contributed by atoms with E-state index in [4.69, 9.17) is 11.5 Å². The van der Waals surface area contributed by atoms with Crippen molar-refractivity contribution in [3.63, 3.8) is 0 Å². The van der Waals surface area contributed by atoms with Gasteiger partial charge in [0.1, 0.15) is 22.4 Å². The van der Waals surface area contributed by atoms with Crippen LogP contribution in [0.2, 0.25) is 0 Å². The SMILES string of the molecule is NC(=O)C(c1nccc(C(F)(F)F)n1)c1nc2ccc(N3CCC(N)C3)cc2s1. The third-order valence-corrected chi connectivity index (χ3v) is 5.82. The van der Waals surface area contributed by atoms with Crippen LogP contribution in [-0.2, 0) is 11.0 Å². The molecule has 1 aromatic carbocycles. The molecule has 0 aliphatic carbocycles. The van der Waals surface area contributed by atoms with Crippen molar-refractivity contribution in [2.24, 2.45) is 11.5 Å². The lowest BCUT2D eigenvalue weighted by Gasteiger charge is -2.17. The van der Waals surface area contributed by atoms with E-state index in [0.717, 1.165) is 42.2 Å². The Bertz CT molecular complexity index is 1070. The second-order valence-electron chi connectivity index (χ2n) is 6.83. The van der Waals surface area contributed by atoms with Crippen LogP contribution >= 0.6 is 11.3 Å². The number of thiazole rings is 1. The van der Waals surface area contributed by atoms with E-state index in [1.54, 1.807) is 6.07 Å². The number of benzene rings is 1. The quantitative estimate of drug-likeness (QED) is 0.667. The zero-order valence-electron chi connectivity index (χ0n) is 15.1. The number of anilines is 1. The molecule has 1 aliphatic heterocycles. The number of primary amides is 1. The molecular weight excluding hydrogens is 405 g/mol. The van der Waals surface area contributed by atoms with E-state index < -0.39 is 23.7 Å². The fraction of sp³-hybridized carbons (Fsp3) is 0.333. The van der Waals surface area contributed by atoms with Crippen LogP contribution in [0.4, 0.5) is 18.9 Å². The topological polar surface area (TPSA) is 111 Å². The number of nitrogens with two attached hydrogens (primary N) is 2. The van der Waals surface area contributed by atoms with E-state index in [1.165, 1.54) is 11.3 Å². The number of fused-ring (bicyclic) bond motifs is 1. The molecule has 1 fully saturated rings. The van der Waals surface area contributed by atoms with E-state index >= 15 is 0 Å². The molecule has 2 aromatic heterocycles. The van der Waals surface area contributed by atoms with Crippen molar-refractivity contribution in [3.05, 3.63) is 47.0 Å². The minimum absolute atomic E-state index is 0.125. The molecule has 7 nitrogen and oxygen atoms in total. The van der Waals surface area contributed by atoms with Crippen LogP contribution in [0, 0.1) is 0 Å². The van der Waals surface area contributed by atoms with Gasteiger partial charge in [0.05, 0.1) is 10.2 Å². The molecule has 0 bridgehead atoms. The number of aromatic nitrogens is 3. The number of carbonyl (C=O) groups is 1. The molecule has 2 unspecified atom stereocenters. The van der Waals surface area contributed by atoms with Gasteiger partial charge >= 0.3 is 6.18 Å². The number of hydrogen-bond donors (Lipinski definition) is 2. The summed E-state index contributed by atoms with van der Waals surface area (Å²) >= 11 is 1.18. The molecule has 0 saturated carbocycles. The third kappa shape index (κ3) is 3.87. The van der Waals surface area contributed by atoms with Gasteiger partial charge in [0.2, 0.25) is 5.91 Å². The standard InChI is InChI=1S/C18H17F3N6OS/c19-18(20,21)13-3-5-24-16(26-13)14(15(23)28)17-25-11-2-1-10(7-12(11)29-17)27-6-4-9(22)8-27/h1-3,5,7,9,14H,4,6,8,22H2,(H2,23,28). The smallest absolute Gasteiger partial charge is 0.370 e. The number of alkyl halides is 3. The van der Waals surface area contributed by atoms with Gasteiger partial charge in [0.15, 0.2) is 0 Å². The Labute approximate surface area is 167 Å². The minimum atomic E-state index is -4.65. The first-order valence-electron chi connectivity index (χ1n) is 8.83. The molecule has 4 rings (SSSR count). The lowest BCUT2D eigenvalue weighted by atomic mass is 10.1.